The van der Waals surface area contributed by atoms with E-state index in [0.717, 1.165) is 0 Å². The third kappa shape index (κ3) is 3.14. The number of amides is 1. The molecule has 0 bridgehead atoms. The number of para-hydroxylation sites is 2. The van der Waals surface area contributed by atoms with Crippen LogP contribution in [0, 0.1) is 10.1 Å². The Morgan fingerprint density at radius 3 is 2.55 bits per heavy atom. The summed E-state index contributed by atoms with van der Waals surface area (Å²) in [6.45, 7) is 0. The van der Waals surface area contributed by atoms with Crippen molar-refractivity contribution in [3.8, 4) is 5.75 Å². The first-order valence-electron chi connectivity index (χ1n) is 6.47. The number of nitrogens with zero attached hydrogens (tertiary/aromatic N) is 1. The first kappa shape index (κ1) is 15.3. The molecule has 0 radical (unpaired) electrons. The normalized spacial score (nSPS) is 9.91. The monoisotopic (exact) mass is 301 g/mol. The number of rotatable bonds is 5. The smallest absolute Gasteiger partial charge is 0.293 e. The van der Waals surface area contributed by atoms with Gasteiger partial charge in [-0.2, -0.15) is 0 Å². The summed E-state index contributed by atoms with van der Waals surface area (Å²) < 4.78 is 5.15. The van der Waals surface area contributed by atoms with Crippen molar-refractivity contribution >= 4 is 23.0 Å². The Morgan fingerprint density at radius 2 is 1.91 bits per heavy atom. The van der Waals surface area contributed by atoms with Crippen LogP contribution in [0.5, 0.6) is 5.75 Å². The number of anilines is 2. The Balaban J connectivity index is 2.30. The number of benzene rings is 2. The number of carbonyl (C=O) groups is 1. The van der Waals surface area contributed by atoms with Crippen LogP contribution in [-0.2, 0) is 0 Å². The fourth-order valence-corrected chi connectivity index (χ4v) is 1.98. The van der Waals surface area contributed by atoms with Gasteiger partial charge in [-0.05, 0) is 24.3 Å². The molecule has 7 heteroatoms. The van der Waals surface area contributed by atoms with E-state index in [2.05, 4.69) is 10.6 Å². The van der Waals surface area contributed by atoms with Crippen LogP contribution in [0.2, 0.25) is 0 Å². The predicted molar refractivity (Wildman–Crippen MR) is 83.6 cm³/mol. The summed E-state index contributed by atoms with van der Waals surface area (Å²) >= 11 is 0. The number of hydrogen-bond donors (Lipinski definition) is 2. The summed E-state index contributed by atoms with van der Waals surface area (Å²) in [5.41, 5.74) is 0.876. The van der Waals surface area contributed by atoms with E-state index in [1.807, 2.05) is 0 Å². The van der Waals surface area contributed by atoms with Gasteiger partial charge in [0.05, 0.1) is 17.7 Å². The molecule has 114 valence electrons. The molecule has 0 unspecified atom stereocenters. The average molecular weight is 301 g/mol. The number of nitrogens with one attached hydrogen (secondary N) is 2. The highest BCUT2D eigenvalue weighted by Gasteiger charge is 2.17. The molecule has 0 saturated carbocycles. The summed E-state index contributed by atoms with van der Waals surface area (Å²) in [6.07, 6.45) is 0. The third-order valence-corrected chi connectivity index (χ3v) is 3.08. The molecular formula is C15H15N3O4. The van der Waals surface area contributed by atoms with Gasteiger partial charge < -0.3 is 15.4 Å². The van der Waals surface area contributed by atoms with Crippen LogP contribution in [-0.4, -0.2) is 25.0 Å². The molecule has 0 aliphatic heterocycles. The second-order valence-electron chi connectivity index (χ2n) is 4.39. The van der Waals surface area contributed by atoms with Crippen LogP contribution in [0.3, 0.4) is 0 Å². The number of nitro groups is 1. The molecular weight excluding hydrogens is 286 g/mol. The van der Waals surface area contributed by atoms with Crippen molar-refractivity contribution in [2.24, 2.45) is 0 Å². The minimum atomic E-state index is -0.536. The molecule has 0 spiro atoms. The summed E-state index contributed by atoms with van der Waals surface area (Å²) in [4.78, 5) is 22.7. The maximum absolute atomic E-state index is 12.2. The van der Waals surface area contributed by atoms with Crippen molar-refractivity contribution in [2.75, 3.05) is 24.8 Å². The van der Waals surface area contributed by atoms with Gasteiger partial charge in [0.1, 0.15) is 11.4 Å². The zero-order chi connectivity index (χ0) is 16.1. The van der Waals surface area contributed by atoms with Crippen molar-refractivity contribution in [1.29, 1.82) is 0 Å². The Hall–Kier alpha value is -3.09. The second kappa shape index (κ2) is 6.57. The molecule has 1 amide bonds. The molecule has 0 aromatic heterocycles. The van der Waals surface area contributed by atoms with E-state index in [0.29, 0.717) is 17.1 Å². The van der Waals surface area contributed by atoms with E-state index < -0.39 is 10.8 Å². The fourth-order valence-electron chi connectivity index (χ4n) is 1.98. The van der Waals surface area contributed by atoms with Crippen LogP contribution in [0.1, 0.15) is 10.4 Å². The molecule has 22 heavy (non-hydrogen) atoms. The standard InChI is InChI=1S/C15H15N3O4/c1-16-11-8-7-10(9-13(11)18(20)21)15(19)17-12-5-3-4-6-14(12)22-2/h3-9,16H,1-2H3,(H,17,19). The molecule has 7 nitrogen and oxygen atoms in total. The third-order valence-electron chi connectivity index (χ3n) is 3.08. The lowest BCUT2D eigenvalue weighted by Gasteiger charge is -2.10. The van der Waals surface area contributed by atoms with Crippen LogP contribution in [0.15, 0.2) is 42.5 Å². The minimum Gasteiger partial charge on any atom is -0.495 e. The number of nitro benzene ring substituents is 1. The summed E-state index contributed by atoms with van der Waals surface area (Å²) in [6, 6.07) is 11.2. The predicted octanol–water partition coefficient (Wildman–Crippen LogP) is 2.90. The van der Waals surface area contributed by atoms with E-state index in [4.69, 9.17) is 4.74 Å². The van der Waals surface area contributed by atoms with Crippen LogP contribution in [0.25, 0.3) is 0 Å². The Bertz CT molecular complexity index is 716. The van der Waals surface area contributed by atoms with Gasteiger partial charge in [-0.25, -0.2) is 0 Å². The van der Waals surface area contributed by atoms with Gasteiger partial charge in [0, 0.05) is 18.7 Å². The van der Waals surface area contributed by atoms with Gasteiger partial charge in [-0.15, -0.1) is 0 Å². The maximum Gasteiger partial charge on any atom is 0.293 e. The topological polar surface area (TPSA) is 93.5 Å². The molecule has 0 atom stereocenters. The fraction of sp³-hybridized carbons (Fsp3) is 0.133. The van der Waals surface area contributed by atoms with Crippen LogP contribution in [0.4, 0.5) is 17.1 Å². The molecule has 2 rings (SSSR count). The van der Waals surface area contributed by atoms with Gasteiger partial charge >= 0.3 is 0 Å². The highest BCUT2D eigenvalue weighted by atomic mass is 16.6. The molecule has 2 aromatic rings. The lowest BCUT2D eigenvalue weighted by Crippen LogP contribution is -2.13. The largest absolute Gasteiger partial charge is 0.495 e. The second-order valence-corrected chi connectivity index (χ2v) is 4.39. The van der Waals surface area contributed by atoms with Crippen molar-refractivity contribution in [1.82, 2.24) is 0 Å². The molecule has 0 aliphatic rings. The summed E-state index contributed by atoms with van der Waals surface area (Å²) in [5, 5.41) is 16.4. The van der Waals surface area contributed by atoms with Crippen molar-refractivity contribution in [2.45, 2.75) is 0 Å². The lowest BCUT2D eigenvalue weighted by atomic mass is 10.1. The number of carbonyl (C=O) groups excluding carboxylic acids is 1. The van der Waals surface area contributed by atoms with Crippen molar-refractivity contribution < 1.29 is 14.5 Å². The quantitative estimate of drug-likeness (QED) is 0.654. The zero-order valence-corrected chi connectivity index (χ0v) is 12.1. The van der Waals surface area contributed by atoms with Gasteiger partial charge in [-0.1, -0.05) is 12.1 Å². The van der Waals surface area contributed by atoms with E-state index in [1.54, 1.807) is 31.3 Å². The summed E-state index contributed by atoms with van der Waals surface area (Å²) in [5.74, 6) is 0.0625. The van der Waals surface area contributed by atoms with E-state index in [1.165, 1.54) is 25.3 Å². The van der Waals surface area contributed by atoms with Crippen molar-refractivity contribution in [3.05, 3.63) is 58.1 Å². The Labute approximate surface area is 127 Å². The van der Waals surface area contributed by atoms with E-state index in [9.17, 15) is 14.9 Å². The average Bonchev–Trinajstić information content (AvgIpc) is 2.54. The zero-order valence-electron chi connectivity index (χ0n) is 12.1. The molecule has 0 aliphatic carbocycles. The molecule has 2 aromatic carbocycles. The first-order valence-corrected chi connectivity index (χ1v) is 6.47. The van der Waals surface area contributed by atoms with Gasteiger partial charge in [0.2, 0.25) is 0 Å². The molecule has 2 N–H and O–H groups in total. The minimum absolute atomic E-state index is 0.157. The molecule has 0 fully saturated rings. The van der Waals surface area contributed by atoms with E-state index in [-0.39, 0.29) is 11.3 Å². The summed E-state index contributed by atoms with van der Waals surface area (Å²) in [7, 11) is 3.08. The van der Waals surface area contributed by atoms with E-state index >= 15 is 0 Å². The van der Waals surface area contributed by atoms with Crippen LogP contribution < -0.4 is 15.4 Å². The number of ether oxygens (including phenoxy) is 1. The molecule has 0 heterocycles. The maximum atomic E-state index is 12.2. The Kier molecular flexibility index (Phi) is 4.57. The molecule has 0 saturated heterocycles. The van der Waals surface area contributed by atoms with Gasteiger partial charge in [0.25, 0.3) is 11.6 Å². The number of methoxy groups -OCH3 is 1. The van der Waals surface area contributed by atoms with Gasteiger partial charge in [0.15, 0.2) is 0 Å². The first-order chi connectivity index (χ1) is 10.6. The van der Waals surface area contributed by atoms with Gasteiger partial charge in [-0.3, -0.25) is 14.9 Å². The van der Waals surface area contributed by atoms with Crippen molar-refractivity contribution in [3.63, 3.8) is 0 Å². The lowest BCUT2D eigenvalue weighted by molar-refractivity contribution is -0.384. The van der Waals surface area contributed by atoms with Crippen LogP contribution >= 0.6 is 0 Å². The SMILES string of the molecule is CNc1ccc(C(=O)Nc2ccccc2OC)cc1[N+](=O)[O-]. The highest BCUT2D eigenvalue weighted by molar-refractivity contribution is 6.05. The Morgan fingerprint density at radius 1 is 1.18 bits per heavy atom. The number of hydrogen-bond acceptors (Lipinski definition) is 5. The highest BCUT2D eigenvalue weighted by Crippen LogP contribution is 2.27.